The minimum Gasteiger partial charge on any atom is -0.372 e. The highest BCUT2D eigenvalue weighted by molar-refractivity contribution is 5.93. The number of piperidine rings is 1. The normalized spacial score (nSPS) is 18.9. The second-order valence-corrected chi connectivity index (χ2v) is 8.55. The predicted octanol–water partition coefficient (Wildman–Crippen LogP) is 3.51. The Hall–Kier alpha value is -2.04. The molecule has 0 aliphatic carbocycles. The molecule has 26 heavy (non-hydrogen) atoms. The van der Waals surface area contributed by atoms with Crippen molar-refractivity contribution < 1.29 is 9.59 Å². The van der Waals surface area contributed by atoms with Crippen molar-refractivity contribution in [2.75, 3.05) is 36.4 Å². The van der Waals surface area contributed by atoms with E-state index < -0.39 is 0 Å². The zero-order chi connectivity index (χ0) is 18.7. The van der Waals surface area contributed by atoms with E-state index in [1.54, 1.807) is 0 Å². The van der Waals surface area contributed by atoms with Gasteiger partial charge in [-0.05, 0) is 49.9 Å². The lowest BCUT2D eigenvalue weighted by Crippen LogP contribution is -2.45. The van der Waals surface area contributed by atoms with Gasteiger partial charge in [-0.1, -0.05) is 20.8 Å². The van der Waals surface area contributed by atoms with Crippen LogP contribution in [0, 0.1) is 11.3 Å². The Balaban J connectivity index is 1.50. The minimum absolute atomic E-state index is 0.0164. The molecule has 2 heterocycles. The lowest BCUT2D eigenvalue weighted by molar-refractivity contribution is -0.142. The van der Waals surface area contributed by atoms with Crippen LogP contribution >= 0.6 is 0 Å². The summed E-state index contributed by atoms with van der Waals surface area (Å²) >= 11 is 0. The molecule has 0 bridgehead atoms. The molecule has 2 amide bonds. The van der Waals surface area contributed by atoms with Crippen molar-refractivity contribution in [1.29, 1.82) is 0 Å². The Labute approximate surface area is 156 Å². The molecule has 0 saturated carbocycles. The van der Waals surface area contributed by atoms with Gasteiger partial charge in [0.05, 0.1) is 0 Å². The fourth-order valence-electron chi connectivity index (χ4n) is 3.79. The highest BCUT2D eigenvalue weighted by Crippen LogP contribution is 2.26. The Morgan fingerprint density at radius 1 is 0.962 bits per heavy atom. The fourth-order valence-corrected chi connectivity index (χ4v) is 3.79. The van der Waals surface area contributed by atoms with Gasteiger partial charge in [0.15, 0.2) is 0 Å². The maximum atomic E-state index is 12.6. The van der Waals surface area contributed by atoms with Gasteiger partial charge in [-0.2, -0.15) is 0 Å². The molecular formula is C21H31N3O2. The largest absolute Gasteiger partial charge is 0.372 e. The molecule has 0 unspecified atom stereocenters. The summed E-state index contributed by atoms with van der Waals surface area (Å²) < 4.78 is 0. The van der Waals surface area contributed by atoms with E-state index in [1.807, 2.05) is 37.8 Å². The summed E-state index contributed by atoms with van der Waals surface area (Å²) in [5.74, 6) is 0.230. The van der Waals surface area contributed by atoms with Crippen molar-refractivity contribution in [2.45, 2.75) is 46.5 Å². The van der Waals surface area contributed by atoms with Crippen LogP contribution in [0.15, 0.2) is 24.3 Å². The monoisotopic (exact) mass is 357 g/mol. The molecule has 0 aromatic heterocycles. The summed E-state index contributed by atoms with van der Waals surface area (Å²) in [6.07, 6.45) is 3.99. The molecule has 0 radical (unpaired) electrons. The van der Waals surface area contributed by atoms with Crippen LogP contribution < -0.4 is 10.2 Å². The predicted molar refractivity (Wildman–Crippen MR) is 105 cm³/mol. The summed E-state index contributed by atoms with van der Waals surface area (Å²) in [6, 6.07) is 8.16. The molecule has 1 aromatic carbocycles. The standard InChI is InChI=1S/C21H31N3O2/c1-21(2,3)20(26)24-14-10-16(11-15-24)19(25)22-17-6-8-18(9-7-17)23-12-4-5-13-23/h6-9,16H,4-5,10-15H2,1-3H3,(H,22,25). The van der Waals surface area contributed by atoms with Crippen LogP contribution in [0.2, 0.25) is 0 Å². The minimum atomic E-state index is -0.355. The number of nitrogens with zero attached hydrogens (tertiary/aromatic N) is 2. The van der Waals surface area contributed by atoms with Gasteiger partial charge in [-0.3, -0.25) is 9.59 Å². The van der Waals surface area contributed by atoms with Gasteiger partial charge in [0.2, 0.25) is 11.8 Å². The van der Waals surface area contributed by atoms with Crippen molar-refractivity contribution in [2.24, 2.45) is 11.3 Å². The number of carbonyl (C=O) groups is 2. The third-order valence-corrected chi connectivity index (χ3v) is 5.40. The van der Waals surface area contributed by atoms with Gasteiger partial charge >= 0.3 is 0 Å². The molecule has 0 spiro atoms. The molecule has 5 heteroatoms. The number of carbonyl (C=O) groups excluding carboxylic acids is 2. The number of nitrogens with one attached hydrogen (secondary N) is 1. The third-order valence-electron chi connectivity index (χ3n) is 5.40. The van der Waals surface area contributed by atoms with Crippen LogP contribution in [-0.2, 0) is 9.59 Å². The fraction of sp³-hybridized carbons (Fsp3) is 0.619. The molecule has 1 N–H and O–H groups in total. The van der Waals surface area contributed by atoms with Gasteiger partial charge in [0.25, 0.3) is 0 Å². The molecule has 142 valence electrons. The molecule has 2 fully saturated rings. The molecule has 2 aliphatic heterocycles. The Morgan fingerprint density at radius 2 is 1.54 bits per heavy atom. The summed E-state index contributed by atoms with van der Waals surface area (Å²) in [4.78, 5) is 29.2. The van der Waals surface area contributed by atoms with E-state index in [0.717, 1.165) is 31.6 Å². The molecule has 0 atom stereocenters. The number of rotatable bonds is 3. The van der Waals surface area contributed by atoms with Crippen LogP contribution in [-0.4, -0.2) is 42.9 Å². The average molecular weight is 357 g/mol. The first-order valence-electron chi connectivity index (χ1n) is 9.80. The summed E-state index contributed by atoms with van der Waals surface area (Å²) in [6.45, 7) is 9.42. The molecular weight excluding hydrogens is 326 g/mol. The van der Waals surface area contributed by atoms with E-state index in [-0.39, 0.29) is 23.1 Å². The quantitative estimate of drug-likeness (QED) is 0.901. The van der Waals surface area contributed by atoms with Gasteiger partial charge < -0.3 is 15.1 Å². The van der Waals surface area contributed by atoms with Gasteiger partial charge in [-0.15, -0.1) is 0 Å². The zero-order valence-electron chi connectivity index (χ0n) is 16.3. The Bertz CT molecular complexity index is 634. The second-order valence-electron chi connectivity index (χ2n) is 8.55. The lowest BCUT2D eigenvalue weighted by atomic mass is 9.90. The molecule has 3 rings (SSSR count). The first kappa shape index (κ1) is 18.7. The Kier molecular flexibility index (Phi) is 5.54. The van der Waals surface area contributed by atoms with Crippen LogP contribution in [0.4, 0.5) is 11.4 Å². The van der Waals surface area contributed by atoms with Crippen LogP contribution in [0.3, 0.4) is 0 Å². The number of hydrogen-bond acceptors (Lipinski definition) is 3. The zero-order valence-corrected chi connectivity index (χ0v) is 16.3. The molecule has 2 saturated heterocycles. The highest BCUT2D eigenvalue weighted by Gasteiger charge is 2.32. The summed E-state index contributed by atoms with van der Waals surface area (Å²) in [5, 5.41) is 3.04. The maximum absolute atomic E-state index is 12.6. The molecule has 1 aromatic rings. The van der Waals surface area contributed by atoms with Gasteiger partial charge in [-0.25, -0.2) is 0 Å². The molecule has 5 nitrogen and oxygen atoms in total. The van der Waals surface area contributed by atoms with Crippen LogP contribution in [0.5, 0.6) is 0 Å². The number of likely N-dealkylation sites (tertiary alicyclic amines) is 1. The first-order valence-corrected chi connectivity index (χ1v) is 9.80. The van der Waals surface area contributed by atoms with E-state index in [4.69, 9.17) is 0 Å². The maximum Gasteiger partial charge on any atom is 0.227 e. The number of benzene rings is 1. The van der Waals surface area contributed by atoms with E-state index >= 15 is 0 Å². The number of hydrogen-bond donors (Lipinski definition) is 1. The number of amides is 2. The van der Waals surface area contributed by atoms with Gasteiger partial charge in [0, 0.05) is 48.9 Å². The van der Waals surface area contributed by atoms with E-state index in [9.17, 15) is 9.59 Å². The van der Waals surface area contributed by atoms with Crippen molar-refractivity contribution in [3.8, 4) is 0 Å². The van der Waals surface area contributed by atoms with E-state index in [1.165, 1.54) is 18.5 Å². The first-order chi connectivity index (χ1) is 12.3. The summed E-state index contributed by atoms with van der Waals surface area (Å²) in [5.41, 5.74) is 1.73. The smallest absolute Gasteiger partial charge is 0.227 e. The second kappa shape index (κ2) is 7.68. The Morgan fingerprint density at radius 3 is 2.08 bits per heavy atom. The highest BCUT2D eigenvalue weighted by atomic mass is 16.2. The third kappa shape index (κ3) is 4.37. The van der Waals surface area contributed by atoms with E-state index in [0.29, 0.717) is 13.1 Å². The van der Waals surface area contributed by atoms with Crippen molar-refractivity contribution in [3.63, 3.8) is 0 Å². The van der Waals surface area contributed by atoms with Crippen molar-refractivity contribution >= 4 is 23.2 Å². The van der Waals surface area contributed by atoms with Crippen LogP contribution in [0.25, 0.3) is 0 Å². The lowest BCUT2D eigenvalue weighted by Gasteiger charge is -2.35. The SMILES string of the molecule is CC(C)(C)C(=O)N1CCC(C(=O)Nc2ccc(N3CCCC3)cc2)CC1. The van der Waals surface area contributed by atoms with Gasteiger partial charge in [0.1, 0.15) is 0 Å². The van der Waals surface area contributed by atoms with Crippen molar-refractivity contribution in [1.82, 2.24) is 4.90 Å². The topological polar surface area (TPSA) is 52.7 Å². The van der Waals surface area contributed by atoms with Crippen molar-refractivity contribution in [3.05, 3.63) is 24.3 Å². The molecule has 2 aliphatic rings. The number of anilines is 2. The average Bonchev–Trinajstić information content (AvgIpc) is 3.16. The summed E-state index contributed by atoms with van der Waals surface area (Å²) in [7, 11) is 0. The van der Waals surface area contributed by atoms with E-state index in [2.05, 4.69) is 22.3 Å². The van der Waals surface area contributed by atoms with Crippen LogP contribution in [0.1, 0.15) is 46.5 Å².